The molecule has 0 aliphatic heterocycles. The fourth-order valence-electron chi connectivity index (χ4n) is 2.56. The van der Waals surface area contributed by atoms with Crippen molar-refractivity contribution in [3.8, 4) is 0 Å². The molecular weight excluding hydrogens is 348 g/mol. The molecule has 0 aliphatic rings. The standard InChI is InChI=1S/C17H23ClN2O3S/c1-23-7-6-20-10-15(14-9-12(18)3-4-16(14)20)17(22)19-13(11-21)5-8-24-2/h3-4,9-10,13,21H,5-8,11H2,1-2H3,(H,19,22). The number of nitrogens with zero attached hydrogens (tertiary/aromatic N) is 1. The van der Waals surface area contributed by atoms with Crippen LogP contribution in [0.15, 0.2) is 24.4 Å². The van der Waals surface area contributed by atoms with Gasteiger partial charge in [0.15, 0.2) is 0 Å². The lowest BCUT2D eigenvalue weighted by molar-refractivity contribution is 0.0916. The molecule has 0 saturated carbocycles. The normalized spacial score (nSPS) is 12.5. The molecule has 0 bridgehead atoms. The van der Waals surface area contributed by atoms with E-state index in [0.29, 0.717) is 23.7 Å². The molecule has 0 saturated heterocycles. The number of aliphatic hydroxyl groups is 1. The highest BCUT2D eigenvalue weighted by Crippen LogP contribution is 2.25. The lowest BCUT2D eigenvalue weighted by Gasteiger charge is -2.15. The van der Waals surface area contributed by atoms with Gasteiger partial charge in [0.2, 0.25) is 0 Å². The van der Waals surface area contributed by atoms with Crippen molar-refractivity contribution in [2.24, 2.45) is 0 Å². The summed E-state index contributed by atoms with van der Waals surface area (Å²) < 4.78 is 7.12. The predicted molar refractivity (Wildman–Crippen MR) is 100 cm³/mol. The zero-order valence-corrected chi connectivity index (χ0v) is 15.5. The second-order valence-electron chi connectivity index (χ2n) is 5.52. The Labute approximate surface area is 151 Å². The Morgan fingerprint density at radius 1 is 1.50 bits per heavy atom. The Morgan fingerprint density at radius 2 is 2.29 bits per heavy atom. The lowest BCUT2D eigenvalue weighted by atomic mass is 10.1. The quantitative estimate of drug-likeness (QED) is 0.712. The molecule has 132 valence electrons. The van der Waals surface area contributed by atoms with Crippen molar-refractivity contribution in [3.63, 3.8) is 0 Å². The maximum absolute atomic E-state index is 12.7. The molecule has 1 atom stereocenters. The summed E-state index contributed by atoms with van der Waals surface area (Å²) in [6.07, 6.45) is 4.55. The van der Waals surface area contributed by atoms with Crippen molar-refractivity contribution in [1.82, 2.24) is 9.88 Å². The second-order valence-corrected chi connectivity index (χ2v) is 6.95. The molecule has 1 aromatic carbocycles. The predicted octanol–water partition coefficient (Wildman–Crippen LogP) is 2.78. The van der Waals surface area contributed by atoms with Crippen LogP contribution in [0.3, 0.4) is 0 Å². The molecule has 2 rings (SSSR count). The third-order valence-electron chi connectivity index (χ3n) is 3.85. The molecule has 5 nitrogen and oxygen atoms in total. The fraction of sp³-hybridized carbons (Fsp3) is 0.471. The van der Waals surface area contributed by atoms with Gasteiger partial charge in [-0.15, -0.1) is 0 Å². The molecular formula is C17H23ClN2O3S. The van der Waals surface area contributed by atoms with Gasteiger partial charge in [0.1, 0.15) is 0 Å². The summed E-state index contributed by atoms with van der Waals surface area (Å²) in [5, 5.41) is 13.8. The molecule has 24 heavy (non-hydrogen) atoms. The van der Waals surface area contributed by atoms with E-state index in [4.69, 9.17) is 16.3 Å². The topological polar surface area (TPSA) is 63.5 Å². The van der Waals surface area contributed by atoms with Crippen molar-refractivity contribution >= 4 is 40.2 Å². The first-order valence-electron chi connectivity index (χ1n) is 7.78. The van der Waals surface area contributed by atoms with E-state index >= 15 is 0 Å². The van der Waals surface area contributed by atoms with Crippen LogP contribution in [0.2, 0.25) is 5.02 Å². The van der Waals surface area contributed by atoms with Crippen molar-refractivity contribution in [3.05, 3.63) is 35.0 Å². The summed E-state index contributed by atoms with van der Waals surface area (Å²) in [6.45, 7) is 1.13. The van der Waals surface area contributed by atoms with Crippen LogP contribution in [-0.2, 0) is 11.3 Å². The minimum absolute atomic E-state index is 0.0740. The van der Waals surface area contributed by atoms with Gasteiger partial charge in [-0.1, -0.05) is 11.6 Å². The number of aliphatic hydroxyl groups excluding tert-OH is 1. The Kier molecular flexibility index (Phi) is 7.42. The zero-order chi connectivity index (χ0) is 17.5. The lowest BCUT2D eigenvalue weighted by Crippen LogP contribution is -2.37. The second kappa shape index (κ2) is 9.32. The SMILES string of the molecule is COCCn1cc(C(=O)NC(CO)CCSC)c2cc(Cl)ccc21. The molecule has 2 N–H and O–H groups in total. The number of hydrogen-bond acceptors (Lipinski definition) is 4. The Bertz CT molecular complexity index is 690. The maximum atomic E-state index is 12.7. The summed E-state index contributed by atoms with van der Waals surface area (Å²) in [7, 11) is 1.65. The van der Waals surface area contributed by atoms with E-state index < -0.39 is 0 Å². The molecule has 1 heterocycles. The van der Waals surface area contributed by atoms with Crippen molar-refractivity contribution in [1.29, 1.82) is 0 Å². The minimum Gasteiger partial charge on any atom is -0.394 e. The minimum atomic E-state index is -0.249. The summed E-state index contributed by atoms with van der Waals surface area (Å²) in [6, 6.07) is 5.26. The highest BCUT2D eigenvalue weighted by Gasteiger charge is 2.18. The van der Waals surface area contributed by atoms with Gasteiger partial charge >= 0.3 is 0 Å². The van der Waals surface area contributed by atoms with Gasteiger partial charge in [-0.3, -0.25) is 4.79 Å². The third-order valence-corrected chi connectivity index (χ3v) is 4.73. The van der Waals surface area contributed by atoms with Gasteiger partial charge in [0, 0.05) is 35.8 Å². The number of rotatable bonds is 9. The molecule has 0 radical (unpaired) electrons. The largest absolute Gasteiger partial charge is 0.394 e. The van der Waals surface area contributed by atoms with Crippen molar-refractivity contribution in [2.75, 3.05) is 32.3 Å². The smallest absolute Gasteiger partial charge is 0.253 e. The van der Waals surface area contributed by atoms with Gasteiger partial charge in [-0.05, 0) is 36.6 Å². The number of amides is 1. The van der Waals surface area contributed by atoms with Crippen LogP contribution in [0, 0.1) is 0 Å². The van der Waals surface area contributed by atoms with Gasteiger partial charge < -0.3 is 19.7 Å². The van der Waals surface area contributed by atoms with E-state index in [1.807, 2.05) is 29.2 Å². The number of fused-ring (bicyclic) bond motifs is 1. The van der Waals surface area contributed by atoms with Crippen molar-refractivity contribution in [2.45, 2.75) is 19.0 Å². The van der Waals surface area contributed by atoms with E-state index in [0.717, 1.165) is 23.1 Å². The molecule has 0 aliphatic carbocycles. The summed E-state index contributed by atoms with van der Waals surface area (Å²) in [4.78, 5) is 12.7. The number of hydrogen-bond donors (Lipinski definition) is 2. The zero-order valence-electron chi connectivity index (χ0n) is 13.9. The first-order valence-corrected chi connectivity index (χ1v) is 9.55. The van der Waals surface area contributed by atoms with Crippen LogP contribution in [0.1, 0.15) is 16.8 Å². The molecule has 7 heteroatoms. The van der Waals surface area contributed by atoms with Crippen LogP contribution >= 0.6 is 23.4 Å². The number of aromatic nitrogens is 1. The first kappa shape index (κ1) is 19.1. The number of halogens is 1. The van der Waals surface area contributed by atoms with Gasteiger partial charge in [0.25, 0.3) is 5.91 Å². The van der Waals surface area contributed by atoms with E-state index in [1.54, 1.807) is 24.9 Å². The Hall–Kier alpha value is -1.21. The Morgan fingerprint density at radius 3 is 2.96 bits per heavy atom. The number of ether oxygens (including phenoxy) is 1. The number of methoxy groups -OCH3 is 1. The summed E-state index contributed by atoms with van der Waals surface area (Å²) in [5.41, 5.74) is 1.50. The number of carbonyl (C=O) groups is 1. The maximum Gasteiger partial charge on any atom is 0.253 e. The van der Waals surface area contributed by atoms with Crippen LogP contribution < -0.4 is 5.32 Å². The third kappa shape index (κ3) is 4.66. The van der Waals surface area contributed by atoms with E-state index in [-0.39, 0.29) is 18.6 Å². The van der Waals surface area contributed by atoms with E-state index in [9.17, 15) is 9.90 Å². The monoisotopic (exact) mass is 370 g/mol. The van der Waals surface area contributed by atoms with E-state index in [1.165, 1.54) is 0 Å². The molecule has 1 amide bonds. The summed E-state index contributed by atoms with van der Waals surface area (Å²) >= 11 is 7.79. The van der Waals surface area contributed by atoms with Crippen LogP contribution in [0.25, 0.3) is 10.9 Å². The first-order chi connectivity index (χ1) is 11.6. The van der Waals surface area contributed by atoms with Crippen molar-refractivity contribution < 1.29 is 14.6 Å². The van der Waals surface area contributed by atoms with E-state index in [2.05, 4.69) is 5.32 Å². The highest BCUT2D eigenvalue weighted by molar-refractivity contribution is 7.98. The Balaban J connectivity index is 2.29. The average Bonchev–Trinajstić information content (AvgIpc) is 2.94. The summed E-state index contributed by atoms with van der Waals surface area (Å²) in [5.74, 6) is 0.686. The fourth-order valence-corrected chi connectivity index (χ4v) is 3.25. The van der Waals surface area contributed by atoms with Gasteiger partial charge in [0.05, 0.1) is 24.8 Å². The highest BCUT2D eigenvalue weighted by atomic mass is 35.5. The van der Waals surface area contributed by atoms with Gasteiger partial charge in [-0.2, -0.15) is 11.8 Å². The molecule has 1 unspecified atom stereocenters. The van der Waals surface area contributed by atoms with Gasteiger partial charge in [-0.25, -0.2) is 0 Å². The average molecular weight is 371 g/mol. The number of carbonyl (C=O) groups excluding carboxylic acids is 1. The number of nitrogens with one attached hydrogen (secondary N) is 1. The molecule has 1 aromatic heterocycles. The molecule has 0 spiro atoms. The molecule has 2 aromatic rings. The van der Waals surface area contributed by atoms with Crippen LogP contribution in [0.5, 0.6) is 0 Å². The number of thioether (sulfide) groups is 1. The van der Waals surface area contributed by atoms with Crippen LogP contribution in [0.4, 0.5) is 0 Å². The number of benzene rings is 1. The van der Waals surface area contributed by atoms with Crippen LogP contribution in [-0.4, -0.2) is 54.0 Å². The molecule has 0 fully saturated rings.